The lowest BCUT2D eigenvalue weighted by atomic mass is 10.1. The zero-order chi connectivity index (χ0) is 15.3. The lowest BCUT2D eigenvalue weighted by molar-refractivity contribution is -0.137. The maximum Gasteiger partial charge on any atom is 0.416 e. The van der Waals surface area contributed by atoms with Gasteiger partial charge in [0.05, 0.1) is 5.56 Å². The number of aryl methyl sites for hydroxylation is 1. The molecule has 1 radical (unpaired) electrons. The Morgan fingerprint density at radius 1 is 1.05 bits per heavy atom. The molecule has 0 fully saturated rings. The van der Waals surface area contributed by atoms with Crippen LogP contribution in [0.1, 0.15) is 22.3 Å². The Bertz CT molecular complexity index is 618. The summed E-state index contributed by atoms with van der Waals surface area (Å²) < 4.78 is 37.2. The molecule has 0 amide bonds. The average Bonchev–Trinajstić information content (AvgIpc) is 2.45. The van der Waals surface area contributed by atoms with Crippen LogP contribution in [0.2, 0.25) is 0 Å². The fourth-order valence-corrected chi connectivity index (χ4v) is 1.68. The fraction of sp³-hybridized carbons (Fsp3) is 0.188. The molecule has 2 aromatic rings. The molecule has 2 rings (SSSR count). The Balaban J connectivity index is 1.91. The maximum absolute atomic E-state index is 12.4. The Morgan fingerprint density at radius 3 is 2.33 bits per heavy atom. The van der Waals surface area contributed by atoms with Crippen LogP contribution in [0.4, 0.5) is 13.2 Å². The van der Waals surface area contributed by atoms with E-state index in [2.05, 4.69) is 11.4 Å². The van der Waals surface area contributed by atoms with Crippen molar-refractivity contribution in [3.63, 3.8) is 0 Å². The van der Waals surface area contributed by atoms with Crippen LogP contribution in [0.5, 0.6) is 0 Å². The number of alkyl halides is 3. The number of benzene rings is 2. The zero-order valence-corrected chi connectivity index (χ0v) is 11.3. The summed E-state index contributed by atoms with van der Waals surface area (Å²) in [6.45, 7) is 2.02. The molecule has 0 spiro atoms. The first kappa shape index (κ1) is 15.1. The van der Waals surface area contributed by atoms with Crippen LogP contribution in [-0.2, 0) is 17.6 Å². The van der Waals surface area contributed by atoms with E-state index in [1.54, 1.807) is 0 Å². The van der Waals surface area contributed by atoms with Gasteiger partial charge in [0.25, 0.3) is 0 Å². The Kier molecular flexibility index (Phi) is 4.62. The van der Waals surface area contributed by atoms with Crippen LogP contribution in [0, 0.1) is 6.92 Å². The number of halogens is 3. The van der Waals surface area contributed by atoms with E-state index in [0.717, 1.165) is 23.3 Å². The number of nitrogens with zero attached hydrogens (tertiary/aromatic N) is 1. The highest BCUT2D eigenvalue weighted by Gasteiger charge is 2.29. The van der Waals surface area contributed by atoms with Crippen molar-refractivity contribution in [3.8, 4) is 0 Å². The summed E-state index contributed by atoms with van der Waals surface area (Å²) in [6.07, 6.45) is -1.58. The molecule has 0 aromatic heterocycles. The third-order valence-corrected chi connectivity index (χ3v) is 2.89. The van der Waals surface area contributed by atoms with E-state index in [1.807, 2.05) is 31.2 Å². The molecule has 0 saturated heterocycles. The van der Waals surface area contributed by atoms with Crippen LogP contribution in [0.25, 0.3) is 0 Å². The van der Waals surface area contributed by atoms with E-state index in [0.29, 0.717) is 5.56 Å². The molecule has 0 unspecified atom stereocenters. The standard InChI is InChI=1S/C16H13F3NO/c1-12-4-2-3-5-14(12)10-20-21-11-13-6-8-15(9-7-13)16(17,18)19/h2-9H,11H2,1H3. The van der Waals surface area contributed by atoms with Crippen molar-refractivity contribution in [2.24, 2.45) is 5.16 Å². The van der Waals surface area contributed by atoms with Gasteiger partial charge < -0.3 is 4.84 Å². The summed E-state index contributed by atoms with van der Waals surface area (Å²) in [5.74, 6) is 0. The quantitative estimate of drug-likeness (QED) is 0.603. The topological polar surface area (TPSA) is 21.6 Å². The van der Waals surface area contributed by atoms with Crippen LogP contribution >= 0.6 is 0 Å². The summed E-state index contributed by atoms with van der Waals surface area (Å²) in [5, 5.41) is 3.70. The SMILES string of the molecule is Cc1ccccc1/[C]=N\OCc1ccc(C(F)(F)F)cc1. The molecular formula is C16H13F3NO. The van der Waals surface area contributed by atoms with E-state index in [4.69, 9.17) is 4.84 Å². The van der Waals surface area contributed by atoms with Crippen molar-refractivity contribution >= 4 is 6.21 Å². The summed E-state index contributed by atoms with van der Waals surface area (Å²) in [4.78, 5) is 5.04. The lowest BCUT2D eigenvalue weighted by Crippen LogP contribution is -2.04. The summed E-state index contributed by atoms with van der Waals surface area (Å²) >= 11 is 0. The second-order valence-corrected chi connectivity index (χ2v) is 4.49. The van der Waals surface area contributed by atoms with Crippen LogP contribution in [0.15, 0.2) is 53.7 Å². The van der Waals surface area contributed by atoms with Gasteiger partial charge in [0.1, 0.15) is 12.8 Å². The second-order valence-electron chi connectivity index (χ2n) is 4.49. The minimum atomic E-state index is -4.32. The lowest BCUT2D eigenvalue weighted by Gasteiger charge is -2.06. The fourth-order valence-electron chi connectivity index (χ4n) is 1.68. The minimum absolute atomic E-state index is 0.0943. The summed E-state index contributed by atoms with van der Waals surface area (Å²) in [6, 6.07) is 12.3. The van der Waals surface area contributed by atoms with E-state index >= 15 is 0 Å². The molecule has 0 aliphatic heterocycles. The van der Waals surface area contributed by atoms with Gasteiger partial charge in [-0.05, 0) is 30.2 Å². The van der Waals surface area contributed by atoms with Crippen molar-refractivity contribution in [2.45, 2.75) is 19.7 Å². The molecule has 2 aromatic carbocycles. The highest BCUT2D eigenvalue weighted by molar-refractivity contribution is 5.81. The van der Waals surface area contributed by atoms with Gasteiger partial charge >= 0.3 is 6.18 Å². The smallest absolute Gasteiger partial charge is 0.390 e. The third-order valence-electron chi connectivity index (χ3n) is 2.89. The van der Waals surface area contributed by atoms with Crippen LogP contribution in [0.3, 0.4) is 0 Å². The van der Waals surface area contributed by atoms with Gasteiger partial charge in [-0.2, -0.15) is 13.2 Å². The molecule has 0 N–H and O–H groups in total. The first-order chi connectivity index (χ1) is 9.97. The van der Waals surface area contributed by atoms with Gasteiger partial charge in [-0.15, -0.1) is 0 Å². The highest BCUT2D eigenvalue weighted by atomic mass is 19.4. The van der Waals surface area contributed by atoms with Crippen molar-refractivity contribution < 1.29 is 18.0 Å². The van der Waals surface area contributed by atoms with Gasteiger partial charge in [-0.1, -0.05) is 41.6 Å². The van der Waals surface area contributed by atoms with E-state index in [9.17, 15) is 13.2 Å². The maximum atomic E-state index is 12.4. The Hall–Kier alpha value is -2.30. The van der Waals surface area contributed by atoms with Crippen LogP contribution in [-0.4, -0.2) is 6.21 Å². The molecule has 0 aliphatic carbocycles. The van der Waals surface area contributed by atoms with Gasteiger partial charge in [-0.3, -0.25) is 0 Å². The average molecular weight is 292 g/mol. The highest BCUT2D eigenvalue weighted by Crippen LogP contribution is 2.29. The third kappa shape index (κ3) is 4.34. The predicted octanol–water partition coefficient (Wildman–Crippen LogP) is 4.44. The first-order valence-corrected chi connectivity index (χ1v) is 6.26. The monoisotopic (exact) mass is 292 g/mol. The molecule has 0 aliphatic rings. The molecule has 0 heterocycles. The second kappa shape index (κ2) is 6.43. The normalized spacial score (nSPS) is 11.8. The first-order valence-electron chi connectivity index (χ1n) is 6.26. The summed E-state index contributed by atoms with van der Waals surface area (Å²) in [5.41, 5.74) is 1.75. The largest absolute Gasteiger partial charge is 0.416 e. The molecule has 2 nitrogen and oxygen atoms in total. The number of hydrogen-bond donors (Lipinski definition) is 0. The van der Waals surface area contributed by atoms with Gasteiger partial charge in [0.15, 0.2) is 0 Å². The van der Waals surface area contributed by atoms with E-state index in [-0.39, 0.29) is 6.61 Å². The number of rotatable bonds is 4. The Labute approximate surface area is 120 Å². The minimum Gasteiger partial charge on any atom is -0.390 e. The van der Waals surface area contributed by atoms with Gasteiger partial charge in [-0.25, -0.2) is 0 Å². The molecular weight excluding hydrogens is 279 g/mol. The molecule has 5 heteroatoms. The van der Waals surface area contributed by atoms with Crippen molar-refractivity contribution in [1.29, 1.82) is 0 Å². The van der Waals surface area contributed by atoms with E-state index in [1.165, 1.54) is 12.1 Å². The van der Waals surface area contributed by atoms with Gasteiger partial charge in [0.2, 0.25) is 0 Å². The molecule has 0 bridgehead atoms. The zero-order valence-electron chi connectivity index (χ0n) is 11.3. The molecule has 21 heavy (non-hydrogen) atoms. The van der Waals surface area contributed by atoms with Crippen molar-refractivity contribution in [1.82, 2.24) is 0 Å². The predicted molar refractivity (Wildman–Crippen MR) is 73.9 cm³/mol. The number of hydrogen-bond acceptors (Lipinski definition) is 2. The Morgan fingerprint density at radius 2 is 1.71 bits per heavy atom. The molecule has 0 atom stereocenters. The van der Waals surface area contributed by atoms with E-state index < -0.39 is 11.7 Å². The van der Waals surface area contributed by atoms with Crippen molar-refractivity contribution in [2.75, 3.05) is 0 Å². The van der Waals surface area contributed by atoms with Crippen molar-refractivity contribution in [3.05, 3.63) is 70.8 Å². The molecule has 0 saturated carbocycles. The van der Waals surface area contributed by atoms with Crippen LogP contribution < -0.4 is 0 Å². The molecule has 109 valence electrons. The van der Waals surface area contributed by atoms with Gasteiger partial charge in [0, 0.05) is 5.56 Å². The summed E-state index contributed by atoms with van der Waals surface area (Å²) in [7, 11) is 0.